The van der Waals surface area contributed by atoms with Crippen LogP contribution >= 0.6 is 0 Å². The molecule has 0 bridgehead atoms. The molecule has 1 N–H and O–H groups in total. The van der Waals surface area contributed by atoms with Gasteiger partial charge in [-0.25, -0.2) is 0 Å². The number of hydrogen-bond donors (Lipinski definition) is 1. The average Bonchev–Trinajstić information content (AvgIpc) is 3.07. The second-order valence-corrected chi connectivity index (χ2v) is 6.16. The van der Waals surface area contributed by atoms with Gasteiger partial charge in [0.2, 0.25) is 0 Å². The van der Waals surface area contributed by atoms with Crippen molar-refractivity contribution in [1.29, 1.82) is 0 Å². The fourth-order valence-electron chi connectivity index (χ4n) is 3.80. The second-order valence-electron chi connectivity index (χ2n) is 6.16. The lowest BCUT2D eigenvalue weighted by molar-refractivity contribution is 0.0199. The van der Waals surface area contributed by atoms with E-state index in [1.54, 1.807) is 6.26 Å². The fourth-order valence-corrected chi connectivity index (χ4v) is 3.80. The van der Waals surface area contributed by atoms with Crippen LogP contribution in [0.5, 0.6) is 0 Å². The molecule has 4 heteroatoms. The van der Waals surface area contributed by atoms with Crippen LogP contribution in [0, 0.1) is 12.8 Å². The van der Waals surface area contributed by atoms with Crippen LogP contribution in [-0.2, 0) is 0 Å². The fraction of sp³-hybridized carbons (Fsp3) is 0.688. The van der Waals surface area contributed by atoms with Gasteiger partial charge in [0, 0.05) is 24.1 Å². The Morgan fingerprint density at radius 3 is 2.80 bits per heavy atom. The van der Waals surface area contributed by atoms with Crippen LogP contribution in [0.15, 0.2) is 16.7 Å². The van der Waals surface area contributed by atoms with Gasteiger partial charge >= 0.3 is 0 Å². The summed E-state index contributed by atoms with van der Waals surface area (Å²) in [6, 6.07) is 2.01. The van der Waals surface area contributed by atoms with E-state index in [0.29, 0.717) is 5.76 Å². The van der Waals surface area contributed by atoms with Crippen molar-refractivity contribution >= 4 is 5.91 Å². The number of amides is 1. The lowest BCUT2D eigenvalue weighted by atomic mass is 9.80. The quantitative estimate of drug-likeness (QED) is 0.904. The third-order valence-electron chi connectivity index (χ3n) is 4.89. The highest BCUT2D eigenvalue weighted by Gasteiger charge is 2.40. The monoisotopic (exact) mass is 277 g/mol. The molecule has 1 saturated heterocycles. The van der Waals surface area contributed by atoms with E-state index in [4.69, 9.17) is 4.42 Å². The number of aryl methyl sites for hydroxylation is 1. The highest BCUT2D eigenvalue weighted by atomic mass is 16.3. The molecular formula is C16H23NO3. The first-order valence-electron chi connectivity index (χ1n) is 7.71. The molecule has 3 atom stereocenters. The van der Waals surface area contributed by atoms with Gasteiger partial charge in [0.25, 0.3) is 5.91 Å². The molecule has 0 aromatic carbocycles. The number of nitrogens with zero attached hydrogens (tertiary/aromatic N) is 1. The molecule has 1 aliphatic carbocycles. The number of furan rings is 1. The minimum Gasteiger partial charge on any atom is -0.459 e. The molecule has 2 aliphatic rings. The Morgan fingerprint density at radius 1 is 1.30 bits per heavy atom. The van der Waals surface area contributed by atoms with Crippen molar-refractivity contribution in [1.82, 2.24) is 4.90 Å². The third-order valence-corrected chi connectivity index (χ3v) is 4.89. The summed E-state index contributed by atoms with van der Waals surface area (Å²) in [5, 5.41) is 10.3. The van der Waals surface area contributed by atoms with Gasteiger partial charge in [0.1, 0.15) is 0 Å². The largest absolute Gasteiger partial charge is 0.459 e. The molecular weight excluding hydrogens is 254 g/mol. The molecule has 1 amide bonds. The van der Waals surface area contributed by atoms with E-state index in [-0.39, 0.29) is 24.0 Å². The smallest absolute Gasteiger partial charge is 0.290 e. The Hall–Kier alpha value is -1.29. The van der Waals surface area contributed by atoms with Crippen LogP contribution in [0.1, 0.15) is 54.6 Å². The molecule has 0 radical (unpaired) electrons. The molecule has 1 aliphatic heterocycles. The van der Waals surface area contributed by atoms with Gasteiger partial charge in [0.05, 0.1) is 12.4 Å². The zero-order valence-electron chi connectivity index (χ0n) is 12.0. The van der Waals surface area contributed by atoms with Crippen molar-refractivity contribution in [3.8, 4) is 0 Å². The van der Waals surface area contributed by atoms with Crippen molar-refractivity contribution in [3.05, 3.63) is 23.7 Å². The first kappa shape index (κ1) is 13.7. The zero-order valence-corrected chi connectivity index (χ0v) is 12.0. The lowest BCUT2D eigenvalue weighted by Crippen LogP contribution is -2.45. The van der Waals surface area contributed by atoms with Crippen molar-refractivity contribution in [2.45, 2.75) is 57.6 Å². The Labute approximate surface area is 119 Å². The molecule has 2 heterocycles. The van der Waals surface area contributed by atoms with Crippen molar-refractivity contribution < 1.29 is 14.3 Å². The van der Waals surface area contributed by atoms with Gasteiger partial charge in [-0.3, -0.25) is 4.79 Å². The summed E-state index contributed by atoms with van der Waals surface area (Å²) in [7, 11) is 0. The number of aliphatic hydroxyl groups excluding tert-OH is 1. The van der Waals surface area contributed by atoms with Crippen LogP contribution in [0.25, 0.3) is 0 Å². The molecule has 3 rings (SSSR count). The standard InChI is InChI=1S/C16H23NO3/c1-11-8-10-20-15(11)16(19)17-9-4-6-13(17)12-5-2-3-7-14(12)18/h8,10,12-14,18H,2-7,9H2,1H3/t12-,13-,14-/m1/s1. The van der Waals surface area contributed by atoms with Crippen molar-refractivity contribution in [2.24, 2.45) is 5.92 Å². The van der Waals surface area contributed by atoms with Gasteiger partial charge in [-0.15, -0.1) is 0 Å². The molecule has 0 unspecified atom stereocenters. The van der Waals surface area contributed by atoms with Crippen LogP contribution in [0.2, 0.25) is 0 Å². The van der Waals surface area contributed by atoms with Gasteiger partial charge in [0.15, 0.2) is 5.76 Å². The van der Waals surface area contributed by atoms with Crippen LogP contribution in [0.4, 0.5) is 0 Å². The first-order chi connectivity index (χ1) is 9.68. The minimum absolute atomic E-state index is 0.00669. The topological polar surface area (TPSA) is 53.7 Å². The molecule has 1 aromatic heterocycles. The Morgan fingerprint density at radius 2 is 2.10 bits per heavy atom. The predicted octanol–water partition coefficient (Wildman–Crippen LogP) is 2.74. The van der Waals surface area contributed by atoms with Crippen LogP contribution in [-0.4, -0.2) is 34.6 Å². The summed E-state index contributed by atoms with van der Waals surface area (Å²) in [5.41, 5.74) is 0.893. The first-order valence-corrected chi connectivity index (χ1v) is 7.71. The average molecular weight is 277 g/mol. The second kappa shape index (κ2) is 5.60. The normalized spacial score (nSPS) is 30.7. The summed E-state index contributed by atoms with van der Waals surface area (Å²) in [6.45, 7) is 2.68. The van der Waals surface area contributed by atoms with E-state index in [1.165, 1.54) is 6.42 Å². The molecule has 0 spiro atoms. The van der Waals surface area contributed by atoms with E-state index in [9.17, 15) is 9.90 Å². The lowest BCUT2D eigenvalue weighted by Gasteiger charge is -2.37. The van der Waals surface area contributed by atoms with E-state index < -0.39 is 0 Å². The number of aliphatic hydroxyl groups is 1. The highest BCUT2D eigenvalue weighted by Crippen LogP contribution is 2.35. The summed E-state index contributed by atoms with van der Waals surface area (Å²) in [5.74, 6) is 0.695. The summed E-state index contributed by atoms with van der Waals surface area (Å²) in [6.07, 6.45) is 7.54. The van der Waals surface area contributed by atoms with E-state index in [2.05, 4.69) is 0 Å². The Balaban J connectivity index is 1.78. The maximum absolute atomic E-state index is 12.6. The molecule has 1 saturated carbocycles. The SMILES string of the molecule is Cc1ccoc1C(=O)N1CCC[C@@H]1[C@H]1CCCC[C@H]1O. The minimum atomic E-state index is -0.250. The number of hydrogen-bond acceptors (Lipinski definition) is 3. The summed E-state index contributed by atoms with van der Waals surface area (Å²) < 4.78 is 5.35. The number of carbonyl (C=O) groups is 1. The molecule has 4 nitrogen and oxygen atoms in total. The van der Waals surface area contributed by atoms with E-state index in [1.807, 2.05) is 17.9 Å². The van der Waals surface area contributed by atoms with Gasteiger partial charge in [-0.05, 0) is 38.7 Å². The van der Waals surface area contributed by atoms with Gasteiger partial charge < -0.3 is 14.4 Å². The maximum Gasteiger partial charge on any atom is 0.290 e. The van der Waals surface area contributed by atoms with E-state index >= 15 is 0 Å². The number of rotatable bonds is 2. The zero-order chi connectivity index (χ0) is 14.1. The van der Waals surface area contributed by atoms with Gasteiger partial charge in [-0.2, -0.15) is 0 Å². The number of likely N-dealkylation sites (tertiary alicyclic amines) is 1. The Kier molecular flexibility index (Phi) is 3.83. The summed E-state index contributed by atoms with van der Waals surface area (Å²) >= 11 is 0. The van der Waals surface area contributed by atoms with Crippen LogP contribution in [0.3, 0.4) is 0 Å². The molecule has 2 fully saturated rings. The molecule has 110 valence electrons. The van der Waals surface area contributed by atoms with Crippen molar-refractivity contribution in [2.75, 3.05) is 6.54 Å². The van der Waals surface area contributed by atoms with Crippen molar-refractivity contribution in [3.63, 3.8) is 0 Å². The summed E-state index contributed by atoms with van der Waals surface area (Å²) in [4.78, 5) is 14.6. The van der Waals surface area contributed by atoms with Crippen LogP contribution < -0.4 is 0 Å². The number of carbonyl (C=O) groups excluding carboxylic acids is 1. The van der Waals surface area contributed by atoms with Gasteiger partial charge in [-0.1, -0.05) is 12.8 Å². The highest BCUT2D eigenvalue weighted by molar-refractivity contribution is 5.93. The van der Waals surface area contributed by atoms with E-state index in [0.717, 1.165) is 44.2 Å². The molecule has 1 aromatic rings. The predicted molar refractivity (Wildman–Crippen MR) is 75.5 cm³/mol. The Bertz CT molecular complexity index is 482. The maximum atomic E-state index is 12.6. The third kappa shape index (κ3) is 2.37. The molecule has 20 heavy (non-hydrogen) atoms.